The van der Waals surface area contributed by atoms with E-state index < -0.39 is 0 Å². The van der Waals surface area contributed by atoms with Gasteiger partial charge < -0.3 is 4.74 Å². The van der Waals surface area contributed by atoms with Crippen molar-refractivity contribution in [3.8, 4) is 0 Å². The van der Waals surface area contributed by atoms with Crippen LogP contribution < -0.4 is 10.4 Å². The Morgan fingerprint density at radius 2 is 1.29 bits per heavy atom. The second kappa shape index (κ2) is 7.98. The third-order valence-electron chi connectivity index (χ3n) is 16.4. The van der Waals surface area contributed by atoms with Crippen molar-refractivity contribution in [2.24, 2.45) is 0 Å². The average Bonchev–Trinajstić information content (AvgIpc) is 4.00. The van der Waals surface area contributed by atoms with Crippen LogP contribution in [0.15, 0.2) is 54.6 Å². The minimum atomic E-state index is -0.297. The van der Waals surface area contributed by atoms with Crippen LogP contribution in [-0.4, -0.2) is 12.6 Å². The molecule has 17 rings (SSSR count). The molecule has 0 amide bonds. The first-order valence-electron chi connectivity index (χ1n) is 20.9. The van der Waals surface area contributed by atoms with E-state index in [-0.39, 0.29) is 17.3 Å². The van der Waals surface area contributed by atoms with Crippen LogP contribution in [0.2, 0.25) is 0 Å². The summed E-state index contributed by atoms with van der Waals surface area (Å²) in [6.45, 7) is 2.68. The molecule has 0 saturated carbocycles. The molecule has 55 heavy (non-hydrogen) atoms. The van der Waals surface area contributed by atoms with Crippen LogP contribution in [0.3, 0.4) is 0 Å². The summed E-state index contributed by atoms with van der Waals surface area (Å²) in [6, 6.07) is 22.1. The fraction of sp³-hybridized carbons (Fsp3) is 0.226. The van der Waals surface area contributed by atoms with Gasteiger partial charge in [0.25, 0.3) is 0 Å². The summed E-state index contributed by atoms with van der Waals surface area (Å²) in [5.74, 6) is 0.118. The molecular formula is C53H32O2. The highest BCUT2D eigenvalue weighted by Crippen LogP contribution is 2.69. The monoisotopic (exact) mass is 700 g/mol. The van der Waals surface area contributed by atoms with Crippen molar-refractivity contribution in [3.05, 3.63) is 104 Å². The molecule has 2 unspecified atom stereocenters. The van der Waals surface area contributed by atoms with E-state index in [4.69, 9.17) is 4.74 Å². The summed E-state index contributed by atoms with van der Waals surface area (Å²) < 4.78 is 5.77. The Hall–Kier alpha value is -5.73. The summed E-state index contributed by atoms with van der Waals surface area (Å²) >= 11 is 0. The van der Waals surface area contributed by atoms with Gasteiger partial charge in [-0.15, -0.1) is 0 Å². The van der Waals surface area contributed by atoms with Crippen molar-refractivity contribution < 1.29 is 9.53 Å². The normalized spacial score (nSPS) is 20.4. The largest absolute Gasteiger partial charge is 0.466 e. The van der Waals surface area contributed by atoms with Crippen molar-refractivity contribution in [1.82, 2.24) is 0 Å². The zero-order valence-electron chi connectivity index (χ0n) is 30.5. The van der Waals surface area contributed by atoms with Gasteiger partial charge in [-0.05, 0) is 202 Å². The van der Waals surface area contributed by atoms with E-state index in [1.807, 2.05) is 0 Å². The molecule has 2 nitrogen and oxygen atoms in total. The van der Waals surface area contributed by atoms with Gasteiger partial charge in [-0.1, -0.05) is 73.5 Å². The van der Waals surface area contributed by atoms with Crippen LogP contribution in [0.4, 0.5) is 0 Å². The first kappa shape index (κ1) is 26.9. The van der Waals surface area contributed by atoms with Gasteiger partial charge in [-0.2, -0.15) is 0 Å². The zero-order chi connectivity index (χ0) is 35.1. The van der Waals surface area contributed by atoms with Gasteiger partial charge in [0.2, 0.25) is 0 Å². The Balaban J connectivity index is 1.15. The fourth-order valence-electron chi connectivity index (χ4n) is 15.0. The van der Waals surface area contributed by atoms with Crippen LogP contribution in [-0.2, 0) is 34.2 Å². The smallest absolute Gasteiger partial charge is 0.305 e. The number of hydrogen-bond acceptors (Lipinski definition) is 2. The molecule has 0 N–H and O–H groups in total. The zero-order valence-corrected chi connectivity index (χ0v) is 30.5. The molecule has 256 valence electrons. The molecule has 0 heterocycles. The minimum Gasteiger partial charge on any atom is -0.466 e. The van der Waals surface area contributed by atoms with Crippen LogP contribution in [0.25, 0.3) is 119 Å². The van der Waals surface area contributed by atoms with E-state index in [2.05, 4.69) is 67.6 Å². The van der Waals surface area contributed by atoms with Crippen molar-refractivity contribution in [3.63, 3.8) is 0 Å². The number of ether oxygens (including phenoxy) is 1. The Kier molecular flexibility index (Phi) is 3.91. The molecule has 0 aromatic heterocycles. The molecular weight excluding hydrogens is 669 g/mol. The fourth-order valence-corrected chi connectivity index (χ4v) is 15.0. The number of carbonyl (C=O) groups is 1. The maximum atomic E-state index is 13.3. The quantitative estimate of drug-likeness (QED) is 0.0896. The van der Waals surface area contributed by atoms with Crippen LogP contribution in [0.5, 0.6) is 0 Å². The minimum absolute atomic E-state index is 0.0480. The molecule has 2 atom stereocenters. The summed E-state index contributed by atoms with van der Waals surface area (Å²) in [5.41, 5.74) is 12.1. The lowest BCUT2D eigenvalue weighted by molar-refractivity contribution is -0.143. The SMILES string of the molecule is CCCCOC(=O)CCCC1(c2ccccc2)c2c3c4cc5cc6c7c8c9c%10c(cc%11c%12c%13c(cc(c%14c2c2c(c%13%14)c(c%12%10)c9c9c7c5c3c29)C1C=4)C%11)CC=8C6. The standard InChI is InChI=1S/C53H32O2/c1-2-3-12-55-31(54)10-7-11-53(28-8-5-4-6-9-28)30-20-27-18-25-15-22-13-21-14-24-16-23-17-26-19-29(30)39-44-35(26)34(23)41-36(24)40-32(21)33(22)42-37(25)43-38(27)52(53)51(39)50-48(43)46(42)45(40)47(41)49(44)50/h4-6,8-9,15-16,18-20,30H,2-3,7,10-14,17H2,1H3. The second-order valence-corrected chi connectivity index (χ2v) is 18.5. The predicted molar refractivity (Wildman–Crippen MR) is 227 cm³/mol. The molecule has 12 aromatic rings. The van der Waals surface area contributed by atoms with E-state index >= 15 is 0 Å². The van der Waals surface area contributed by atoms with Gasteiger partial charge in [0, 0.05) is 17.8 Å². The Labute approximate surface area is 313 Å². The number of carbonyl (C=O) groups excluding carboxylic acids is 1. The Bertz CT molecular complexity index is 3960. The molecule has 0 saturated heterocycles. The third-order valence-corrected chi connectivity index (χ3v) is 16.4. The lowest BCUT2D eigenvalue weighted by Crippen LogP contribution is -2.41. The van der Waals surface area contributed by atoms with Gasteiger partial charge in [-0.3, -0.25) is 4.79 Å². The molecule has 12 aromatic carbocycles. The molecule has 0 fully saturated rings. The predicted octanol–water partition coefficient (Wildman–Crippen LogP) is 11.1. The lowest BCUT2D eigenvalue weighted by atomic mass is 9.54. The molecule has 2 heteroatoms. The molecule has 5 aliphatic carbocycles. The van der Waals surface area contributed by atoms with E-state index in [1.165, 1.54) is 43.5 Å². The summed E-state index contributed by atoms with van der Waals surface area (Å²) in [6.07, 6.45) is 10.0. The van der Waals surface area contributed by atoms with Crippen LogP contribution in [0, 0.1) is 0 Å². The highest BCUT2D eigenvalue weighted by molar-refractivity contribution is 6.63. The summed E-state index contributed by atoms with van der Waals surface area (Å²) in [4.78, 5) is 13.3. The summed E-state index contributed by atoms with van der Waals surface area (Å²) in [5, 5.41) is 34.3. The Morgan fingerprint density at radius 3 is 2.11 bits per heavy atom. The van der Waals surface area contributed by atoms with Gasteiger partial charge in [0.05, 0.1) is 6.61 Å². The summed E-state index contributed by atoms with van der Waals surface area (Å²) in [7, 11) is 0. The molecule has 5 aliphatic rings. The Morgan fingerprint density at radius 1 is 0.636 bits per heavy atom. The van der Waals surface area contributed by atoms with Crippen molar-refractivity contribution in [2.45, 2.75) is 69.6 Å². The number of hydrogen-bond donors (Lipinski definition) is 0. The number of rotatable bonds is 8. The second-order valence-electron chi connectivity index (χ2n) is 18.5. The number of fused-ring (bicyclic) bond motifs is 2. The highest BCUT2D eigenvalue weighted by Gasteiger charge is 2.52. The van der Waals surface area contributed by atoms with Gasteiger partial charge in [0.15, 0.2) is 0 Å². The van der Waals surface area contributed by atoms with Gasteiger partial charge in [0.1, 0.15) is 0 Å². The van der Waals surface area contributed by atoms with Crippen LogP contribution >= 0.6 is 0 Å². The van der Waals surface area contributed by atoms with Crippen LogP contribution in [0.1, 0.15) is 83.9 Å². The van der Waals surface area contributed by atoms with E-state index in [9.17, 15) is 4.79 Å². The van der Waals surface area contributed by atoms with E-state index in [0.717, 1.165) is 44.9 Å². The first-order chi connectivity index (χ1) is 27.2. The molecule has 0 aliphatic heterocycles. The maximum absolute atomic E-state index is 13.3. The average molecular weight is 701 g/mol. The number of benzene rings is 9. The highest BCUT2D eigenvalue weighted by atomic mass is 16.5. The number of unbranched alkanes of at least 4 members (excludes halogenated alkanes) is 1. The molecule has 0 radical (unpaired) electrons. The van der Waals surface area contributed by atoms with Crippen molar-refractivity contribution in [1.29, 1.82) is 0 Å². The first-order valence-corrected chi connectivity index (χ1v) is 20.9. The van der Waals surface area contributed by atoms with Crippen molar-refractivity contribution >= 4 is 125 Å². The van der Waals surface area contributed by atoms with E-state index in [1.54, 1.807) is 119 Å². The maximum Gasteiger partial charge on any atom is 0.305 e. The van der Waals surface area contributed by atoms with E-state index in [0.29, 0.717) is 13.0 Å². The molecule has 0 spiro atoms. The third kappa shape index (κ3) is 2.38. The lowest BCUT2D eigenvalue weighted by Gasteiger charge is -2.47. The topological polar surface area (TPSA) is 26.3 Å². The van der Waals surface area contributed by atoms with Gasteiger partial charge in [-0.25, -0.2) is 0 Å². The number of esters is 1. The van der Waals surface area contributed by atoms with Crippen molar-refractivity contribution in [2.75, 3.05) is 6.61 Å². The molecule has 2 bridgehead atoms. The van der Waals surface area contributed by atoms with Gasteiger partial charge >= 0.3 is 5.97 Å².